The molecule has 0 radical (unpaired) electrons. The summed E-state index contributed by atoms with van der Waals surface area (Å²) in [6.07, 6.45) is 1.96. The van der Waals surface area contributed by atoms with Gasteiger partial charge in [-0.2, -0.15) is 0 Å². The minimum absolute atomic E-state index is 0.328. The molecule has 0 spiro atoms. The van der Waals surface area contributed by atoms with Crippen LogP contribution in [0.25, 0.3) is 0 Å². The molecule has 1 aromatic rings. The van der Waals surface area contributed by atoms with Crippen LogP contribution in [-0.2, 0) is 11.2 Å². The lowest BCUT2D eigenvalue weighted by atomic mass is 10.1. The molecule has 0 heterocycles. The molecule has 0 saturated heterocycles. The summed E-state index contributed by atoms with van der Waals surface area (Å²) in [5.41, 5.74) is 1.44. The molecule has 3 heteroatoms. The minimum atomic E-state index is -0.885. The molecule has 1 atom stereocenters. The van der Waals surface area contributed by atoms with Gasteiger partial charge in [0.05, 0.1) is 12.2 Å². The molecule has 1 aromatic carbocycles. The average Bonchev–Trinajstić information content (AvgIpc) is 2.34. The molecular weight excluding hydrogens is 216 g/mol. The van der Waals surface area contributed by atoms with E-state index in [4.69, 9.17) is 9.84 Å². The van der Waals surface area contributed by atoms with Gasteiger partial charge in [-0.05, 0) is 30.0 Å². The average molecular weight is 236 g/mol. The maximum absolute atomic E-state index is 10.7. The van der Waals surface area contributed by atoms with Gasteiger partial charge in [-0.3, -0.25) is 0 Å². The van der Waals surface area contributed by atoms with Crippen molar-refractivity contribution in [3.8, 4) is 0 Å². The second kappa shape index (κ2) is 7.07. The van der Waals surface area contributed by atoms with Crippen molar-refractivity contribution in [3.05, 3.63) is 35.4 Å². The van der Waals surface area contributed by atoms with Crippen LogP contribution in [0.3, 0.4) is 0 Å². The van der Waals surface area contributed by atoms with E-state index in [0.29, 0.717) is 18.1 Å². The zero-order valence-corrected chi connectivity index (χ0v) is 10.5. The summed E-state index contributed by atoms with van der Waals surface area (Å²) in [7, 11) is 0. The number of hydrogen-bond acceptors (Lipinski definition) is 2. The van der Waals surface area contributed by atoms with Gasteiger partial charge in [0, 0.05) is 6.61 Å². The van der Waals surface area contributed by atoms with Crippen LogP contribution in [0.15, 0.2) is 24.3 Å². The van der Waals surface area contributed by atoms with E-state index in [2.05, 4.69) is 13.8 Å². The van der Waals surface area contributed by atoms with Crippen molar-refractivity contribution in [1.29, 1.82) is 0 Å². The second-order valence-corrected chi connectivity index (χ2v) is 4.34. The van der Waals surface area contributed by atoms with Gasteiger partial charge < -0.3 is 9.84 Å². The number of carbonyl (C=O) groups is 1. The number of carboxylic acid groups (broad SMARTS) is 1. The Morgan fingerprint density at radius 2 is 2.00 bits per heavy atom. The summed E-state index contributed by atoms with van der Waals surface area (Å²) >= 11 is 0. The molecule has 0 bridgehead atoms. The van der Waals surface area contributed by atoms with E-state index >= 15 is 0 Å². The van der Waals surface area contributed by atoms with Gasteiger partial charge in [0.25, 0.3) is 0 Å². The maximum Gasteiger partial charge on any atom is 0.335 e. The first kappa shape index (κ1) is 13.7. The Kier molecular flexibility index (Phi) is 5.70. The van der Waals surface area contributed by atoms with E-state index < -0.39 is 5.97 Å². The molecule has 0 aliphatic heterocycles. The van der Waals surface area contributed by atoms with Crippen molar-refractivity contribution in [2.75, 3.05) is 13.2 Å². The Morgan fingerprint density at radius 1 is 1.35 bits per heavy atom. The summed E-state index contributed by atoms with van der Waals surface area (Å²) in [6.45, 7) is 5.81. The predicted molar refractivity (Wildman–Crippen MR) is 67.4 cm³/mol. The zero-order valence-electron chi connectivity index (χ0n) is 10.5. The van der Waals surface area contributed by atoms with Crippen LogP contribution in [0.5, 0.6) is 0 Å². The molecule has 0 aliphatic rings. The summed E-state index contributed by atoms with van der Waals surface area (Å²) in [4.78, 5) is 10.7. The Morgan fingerprint density at radius 3 is 2.53 bits per heavy atom. The summed E-state index contributed by atoms with van der Waals surface area (Å²) < 4.78 is 5.55. The fourth-order valence-corrected chi connectivity index (χ4v) is 1.41. The SMILES string of the molecule is CC[C@H](C)COCCc1ccc(C(=O)O)cc1. The largest absolute Gasteiger partial charge is 0.478 e. The molecule has 0 unspecified atom stereocenters. The molecule has 0 aromatic heterocycles. The third kappa shape index (κ3) is 5.00. The molecule has 0 aliphatic carbocycles. The topological polar surface area (TPSA) is 46.5 Å². The molecule has 0 saturated carbocycles. The van der Waals surface area contributed by atoms with Gasteiger partial charge in [0.1, 0.15) is 0 Å². The normalized spacial score (nSPS) is 12.4. The first-order chi connectivity index (χ1) is 8.13. The van der Waals surface area contributed by atoms with E-state index in [1.54, 1.807) is 12.1 Å². The Labute approximate surface area is 102 Å². The number of benzene rings is 1. The van der Waals surface area contributed by atoms with Crippen LogP contribution < -0.4 is 0 Å². The van der Waals surface area contributed by atoms with Crippen molar-refractivity contribution in [2.24, 2.45) is 5.92 Å². The fourth-order valence-electron chi connectivity index (χ4n) is 1.41. The van der Waals surface area contributed by atoms with E-state index in [-0.39, 0.29) is 0 Å². The van der Waals surface area contributed by atoms with Crippen LogP contribution in [0.2, 0.25) is 0 Å². The molecule has 0 amide bonds. The molecule has 17 heavy (non-hydrogen) atoms. The number of rotatable bonds is 7. The number of aromatic carboxylic acids is 1. The molecule has 0 fully saturated rings. The van der Waals surface area contributed by atoms with Crippen LogP contribution in [0.1, 0.15) is 36.2 Å². The smallest absolute Gasteiger partial charge is 0.335 e. The van der Waals surface area contributed by atoms with E-state index in [9.17, 15) is 4.79 Å². The Hall–Kier alpha value is -1.35. The molecule has 1 rings (SSSR count). The summed E-state index contributed by atoms with van der Waals surface area (Å²) in [5.74, 6) is -0.283. The number of carboxylic acids is 1. The van der Waals surface area contributed by atoms with Crippen molar-refractivity contribution in [1.82, 2.24) is 0 Å². The number of ether oxygens (including phenoxy) is 1. The van der Waals surface area contributed by atoms with Gasteiger partial charge in [0.15, 0.2) is 0 Å². The lowest BCUT2D eigenvalue weighted by Gasteiger charge is -2.09. The molecule has 3 nitrogen and oxygen atoms in total. The molecular formula is C14H20O3. The van der Waals surface area contributed by atoms with Crippen LogP contribution in [0, 0.1) is 5.92 Å². The predicted octanol–water partition coefficient (Wildman–Crippen LogP) is 2.99. The standard InChI is InChI=1S/C14H20O3/c1-3-11(2)10-17-9-8-12-4-6-13(7-5-12)14(15)16/h4-7,11H,3,8-10H2,1-2H3,(H,15,16)/t11-/m0/s1. The van der Waals surface area contributed by atoms with Gasteiger partial charge in [-0.1, -0.05) is 32.4 Å². The second-order valence-electron chi connectivity index (χ2n) is 4.34. The molecule has 1 N–H and O–H groups in total. The minimum Gasteiger partial charge on any atom is -0.478 e. The van der Waals surface area contributed by atoms with Gasteiger partial charge in [-0.15, -0.1) is 0 Å². The van der Waals surface area contributed by atoms with Crippen molar-refractivity contribution in [3.63, 3.8) is 0 Å². The highest BCUT2D eigenvalue weighted by molar-refractivity contribution is 5.87. The highest BCUT2D eigenvalue weighted by Crippen LogP contribution is 2.06. The van der Waals surface area contributed by atoms with Gasteiger partial charge in [0.2, 0.25) is 0 Å². The van der Waals surface area contributed by atoms with E-state index in [0.717, 1.165) is 25.0 Å². The van der Waals surface area contributed by atoms with Gasteiger partial charge in [-0.25, -0.2) is 4.79 Å². The highest BCUT2D eigenvalue weighted by Gasteiger charge is 2.02. The van der Waals surface area contributed by atoms with Crippen LogP contribution >= 0.6 is 0 Å². The Balaban J connectivity index is 2.30. The van der Waals surface area contributed by atoms with Crippen LogP contribution in [0.4, 0.5) is 0 Å². The maximum atomic E-state index is 10.7. The monoisotopic (exact) mass is 236 g/mol. The lowest BCUT2D eigenvalue weighted by Crippen LogP contribution is -2.07. The lowest BCUT2D eigenvalue weighted by molar-refractivity contribution is 0.0697. The molecule has 94 valence electrons. The van der Waals surface area contributed by atoms with Crippen molar-refractivity contribution >= 4 is 5.97 Å². The third-order valence-electron chi connectivity index (χ3n) is 2.84. The van der Waals surface area contributed by atoms with E-state index in [1.807, 2.05) is 12.1 Å². The quantitative estimate of drug-likeness (QED) is 0.740. The van der Waals surface area contributed by atoms with Crippen molar-refractivity contribution in [2.45, 2.75) is 26.7 Å². The van der Waals surface area contributed by atoms with E-state index in [1.165, 1.54) is 0 Å². The fraction of sp³-hybridized carbons (Fsp3) is 0.500. The highest BCUT2D eigenvalue weighted by atomic mass is 16.5. The van der Waals surface area contributed by atoms with Crippen molar-refractivity contribution < 1.29 is 14.6 Å². The summed E-state index contributed by atoms with van der Waals surface area (Å²) in [6, 6.07) is 6.95. The zero-order chi connectivity index (χ0) is 12.7. The first-order valence-electron chi connectivity index (χ1n) is 6.03. The Bertz CT molecular complexity index is 343. The van der Waals surface area contributed by atoms with Gasteiger partial charge >= 0.3 is 5.97 Å². The third-order valence-corrected chi connectivity index (χ3v) is 2.84. The first-order valence-corrected chi connectivity index (χ1v) is 6.03. The number of hydrogen-bond donors (Lipinski definition) is 1. The van der Waals surface area contributed by atoms with Crippen LogP contribution in [-0.4, -0.2) is 24.3 Å². The summed E-state index contributed by atoms with van der Waals surface area (Å²) in [5, 5.41) is 8.75.